The first kappa shape index (κ1) is 23.6. The smallest absolute Gasteiger partial charge is 0.330 e. The Labute approximate surface area is 158 Å². The number of carbonyl (C=O) groups is 3. The summed E-state index contributed by atoms with van der Waals surface area (Å²) >= 11 is 0. The highest BCUT2D eigenvalue weighted by Crippen LogP contribution is 2.47. The van der Waals surface area contributed by atoms with Crippen molar-refractivity contribution in [2.24, 2.45) is 0 Å². The minimum Gasteiger partial charge on any atom is -0.456 e. The van der Waals surface area contributed by atoms with Crippen LogP contribution in [0, 0.1) is 0 Å². The monoisotopic (exact) mass is 410 g/mol. The molecule has 11 heteroatoms. The van der Waals surface area contributed by atoms with Gasteiger partial charge in [0.1, 0.15) is 0 Å². The highest BCUT2D eigenvalue weighted by Gasteiger charge is 2.50. The lowest BCUT2D eigenvalue weighted by Gasteiger charge is -2.44. The van der Waals surface area contributed by atoms with E-state index in [4.69, 9.17) is 28.0 Å². The minimum atomic E-state index is -3.33. The third kappa shape index (κ3) is 6.88. The van der Waals surface area contributed by atoms with Crippen LogP contribution in [-0.4, -0.2) is 68.8 Å². The van der Waals surface area contributed by atoms with E-state index < -0.39 is 56.0 Å². The van der Waals surface area contributed by atoms with Gasteiger partial charge in [0.2, 0.25) is 0 Å². The molecule has 0 aromatic rings. The van der Waals surface area contributed by atoms with Crippen LogP contribution in [0.1, 0.15) is 34.1 Å². The van der Waals surface area contributed by atoms with Crippen LogP contribution in [0.3, 0.4) is 0 Å². The van der Waals surface area contributed by atoms with Gasteiger partial charge < -0.3 is 28.0 Å². The fraction of sp³-hybridized carbons (Fsp3) is 0.812. The van der Waals surface area contributed by atoms with Crippen LogP contribution in [0.15, 0.2) is 0 Å². The predicted molar refractivity (Wildman–Crippen MR) is 92.1 cm³/mol. The summed E-state index contributed by atoms with van der Waals surface area (Å²) in [6, 6.07) is 0. The second-order valence-electron chi connectivity index (χ2n) is 6.09. The van der Waals surface area contributed by atoms with Crippen molar-refractivity contribution in [2.45, 2.75) is 64.6 Å². The Morgan fingerprint density at radius 2 is 1.30 bits per heavy atom. The van der Waals surface area contributed by atoms with Crippen molar-refractivity contribution in [1.29, 1.82) is 0 Å². The summed E-state index contributed by atoms with van der Waals surface area (Å²) in [5.41, 5.74) is 0. The van der Waals surface area contributed by atoms with Crippen molar-refractivity contribution in [3.63, 3.8) is 0 Å². The van der Waals surface area contributed by atoms with Gasteiger partial charge in [-0.25, -0.2) is 0 Å². The molecule has 0 aromatic carbocycles. The van der Waals surface area contributed by atoms with E-state index in [1.165, 1.54) is 35.0 Å². The number of carbonyl (C=O) groups excluding carboxylic acids is 3. The van der Waals surface area contributed by atoms with Gasteiger partial charge >= 0.3 is 25.5 Å². The number of esters is 3. The maximum atomic E-state index is 12.3. The summed E-state index contributed by atoms with van der Waals surface area (Å²) < 4.78 is 43.8. The summed E-state index contributed by atoms with van der Waals surface area (Å²) in [7, 11) is -0.806. The van der Waals surface area contributed by atoms with E-state index in [-0.39, 0.29) is 12.6 Å². The quantitative estimate of drug-likeness (QED) is 0.330. The first-order valence-electron chi connectivity index (χ1n) is 8.40. The molecule has 1 aliphatic rings. The molecule has 0 aliphatic carbocycles. The van der Waals surface area contributed by atoms with E-state index >= 15 is 0 Å². The van der Waals surface area contributed by atoms with E-state index in [2.05, 4.69) is 0 Å². The fourth-order valence-electron chi connectivity index (χ4n) is 2.89. The molecule has 1 saturated heterocycles. The normalized spacial score (nSPS) is 28.3. The molecule has 0 spiro atoms. The van der Waals surface area contributed by atoms with Crippen molar-refractivity contribution in [1.82, 2.24) is 0 Å². The average Bonchev–Trinajstić information content (AvgIpc) is 2.57. The molecule has 1 heterocycles. The van der Waals surface area contributed by atoms with Crippen LogP contribution in [0.4, 0.5) is 0 Å². The van der Waals surface area contributed by atoms with Gasteiger partial charge in [0, 0.05) is 35.0 Å². The molecule has 0 saturated carbocycles. The molecule has 0 aromatic heterocycles. The standard InChI is InChI=1S/C16H27O10P/c1-9-14(24-10(2)17)16(26-12(4)19)15(25-11(3)18)13(23-9)7-8-27(20,21-5)22-6/h9,13-16H,7-8H2,1-6H3/t9-,13-,14+,15+,16+/m0/s1. The topological polar surface area (TPSA) is 124 Å². The van der Waals surface area contributed by atoms with Crippen LogP contribution in [0.2, 0.25) is 0 Å². The molecule has 1 rings (SSSR count). The number of ether oxygens (including phenoxy) is 4. The second-order valence-corrected chi connectivity index (χ2v) is 8.49. The van der Waals surface area contributed by atoms with Crippen LogP contribution >= 0.6 is 7.60 Å². The van der Waals surface area contributed by atoms with Crippen LogP contribution in [0.5, 0.6) is 0 Å². The lowest BCUT2D eigenvalue weighted by Crippen LogP contribution is -2.60. The molecular weight excluding hydrogens is 383 g/mol. The predicted octanol–water partition coefficient (Wildman–Crippen LogP) is 1.44. The molecule has 156 valence electrons. The Bertz CT molecular complexity index is 584. The molecule has 0 radical (unpaired) electrons. The van der Waals surface area contributed by atoms with E-state index in [0.717, 1.165) is 0 Å². The van der Waals surface area contributed by atoms with Crippen LogP contribution in [0.25, 0.3) is 0 Å². The Morgan fingerprint density at radius 3 is 1.74 bits per heavy atom. The molecule has 0 N–H and O–H groups in total. The Kier molecular flexibility index (Phi) is 8.87. The van der Waals surface area contributed by atoms with Gasteiger partial charge in [-0.3, -0.25) is 18.9 Å². The van der Waals surface area contributed by atoms with E-state index in [1.807, 2.05) is 0 Å². The second kappa shape index (κ2) is 10.2. The molecular formula is C16H27O10P. The van der Waals surface area contributed by atoms with Gasteiger partial charge in [0.15, 0.2) is 18.3 Å². The third-order valence-corrected chi connectivity index (χ3v) is 5.93. The van der Waals surface area contributed by atoms with Gasteiger partial charge in [0.05, 0.1) is 18.4 Å². The third-order valence-electron chi connectivity index (χ3n) is 4.02. The Balaban J connectivity index is 3.14. The van der Waals surface area contributed by atoms with Gasteiger partial charge in [-0.2, -0.15) is 0 Å². The molecule has 5 atom stereocenters. The summed E-state index contributed by atoms with van der Waals surface area (Å²) in [4.78, 5) is 34.6. The van der Waals surface area contributed by atoms with Crippen molar-refractivity contribution in [3.05, 3.63) is 0 Å². The zero-order valence-corrected chi connectivity index (χ0v) is 17.2. The highest BCUT2D eigenvalue weighted by molar-refractivity contribution is 7.53. The van der Waals surface area contributed by atoms with Gasteiger partial charge in [-0.05, 0) is 13.3 Å². The van der Waals surface area contributed by atoms with Crippen molar-refractivity contribution >= 4 is 25.5 Å². The van der Waals surface area contributed by atoms with E-state index in [0.29, 0.717) is 0 Å². The molecule has 1 fully saturated rings. The largest absolute Gasteiger partial charge is 0.456 e. The van der Waals surface area contributed by atoms with Crippen LogP contribution < -0.4 is 0 Å². The highest BCUT2D eigenvalue weighted by atomic mass is 31.2. The number of rotatable bonds is 8. The van der Waals surface area contributed by atoms with Gasteiger partial charge in [0.25, 0.3) is 0 Å². The molecule has 1 aliphatic heterocycles. The van der Waals surface area contributed by atoms with Crippen molar-refractivity contribution < 1.29 is 46.9 Å². The Hall–Kier alpha value is -1.48. The fourth-order valence-corrected chi connectivity index (χ4v) is 3.97. The number of hydrogen-bond acceptors (Lipinski definition) is 10. The number of hydrogen-bond donors (Lipinski definition) is 0. The van der Waals surface area contributed by atoms with Crippen molar-refractivity contribution in [2.75, 3.05) is 20.4 Å². The summed E-state index contributed by atoms with van der Waals surface area (Å²) in [5.74, 6) is -1.87. The Morgan fingerprint density at radius 1 is 0.852 bits per heavy atom. The molecule has 0 unspecified atom stereocenters. The maximum Gasteiger partial charge on any atom is 0.330 e. The minimum absolute atomic E-state index is 0.0137. The first-order valence-corrected chi connectivity index (χ1v) is 10.1. The summed E-state index contributed by atoms with van der Waals surface area (Å²) in [5, 5.41) is 0. The van der Waals surface area contributed by atoms with Crippen LogP contribution in [-0.2, 0) is 46.9 Å². The van der Waals surface area contributed by atoms with E-state index in [9.17, 15) is 18.9 Å². The average molecular weight is 410 g/mol. The van der Waals surface area contributed by atoms with Crippen molar-refractivity contribution in [3.8, 4) is 0 Å². The van der Waals surface area contributed by atoms with Gasteiger partial charge in [-0.15, -0.1) is 0 Å². The summed E-state index contributed by atoms with van der Waals surface area (Å²) in [6.07, 6.45) is -4.43. The molecule has 10 nitrogen and oxygen atoms in total. The summed E-state index contributed by atoms with van der Waals surface area (Å²) in [6.45, 7) is 5.22. The molecule has 27 heavy (non-hydrogen) atoms. The van der Waals surface area contributed by atoms with E-state index in [1.54, 1.807) is 6.92 Å². The molecule has 0 bridgehead atoms. The van der Waals surface area contributed by atoms with Gasteiger partial charge in [-0.1, -0.05) is 0 Å². The lowest BCUT2D eigenvalue weighted by molar-refractivity contribution is -0.243. The zero-order valence-electron chi connectivity index (χ0n) is 16.3. The maximum absolute atomic E-state index is 12.3. The first-order chi connectivity index (χ1) is 12.5. The lowest BCUT2D eigenvalue weighted by atomic mass is 9.93. The zero-order chi connectivity index (χ0) is 20.8. The SMILES string of the molecule is COP(=O)(CC[C@@H]1O[C@@H](C)[C@@H](OC(C)=O)[C@@H](OC(C)=O)[C@@H]1OC(C)=O)OC. The molecule has 0 amide bonds.